The van der Waals surface area contributed by atoms with Gasteiger partial charge in [0.05, 0.1) is 0 Å². The zero-order valence-corrected chi connectivity index (χ0v) is 9.81. The molecule has 2 unspecified atom stereocenters. The van der Waals surface area contributed by atoms with Crippen molar-refractivity contribution in [2.75, 3.05) is 7.05 Å². The first kappa shape index (κ1) is 10.5. The largest absolute Gasteiger partial charge is 0.317 e. The Kier molecular flexibility index (Phi) is 3.16. The van der Waals surface area contributed by atoms with E-state index in [1.54, 1.807) is 0 Å². The average molecular weight is 195 g/mol. The molecule has 1 nitrogen and oxygen atoms in total. The van der Waals surface area contributed by atoms with E-state index in [0.717, 1.165) is 17.4 Å². The fourth-order valence-corrected chi connectivity index (χ4v) is 4.18. The lowest BCUT2D eigenvalue weighted by molar-refractivity contribution is 0.160. The lowest BCUT2D eigenvalue weighted by Crippen LogP contribution is -2.39. The van der Waals surface area contributed by atoms with E-state index in [9.17, 15) is 0 Å². The van der Waals surface area contributed by atoms with E-state index in [1.165, 1.54) is 51.4 Å². The molecule has 0 saturated heterocycles. The normalized spacial score (nSPS) is 32.6. The highest BCUT2D eigenvalue weighted by atomic mass is 14.9. The van der Waals surface area contributed by atoms with Crippen LogP contribution in [0.5, 0.6) is 0 Å². The monoisotopic (exact) mass is 195 g/mol. The lowest BCUT2D eigenvalue weighted by atomic mass is 9.72. The summed E-state index contributed by atoms with van der Waals surface area (Å²) >= 11 is 0. The minimum absolute atomic E-state index is 0.768. The van der Waals surface area contributed by atoms with E-state index in [-0.39, 0.29) is 0 Å². The predicted molar refractivity (Wildman–Crippen MR) is 61.4 cm³/mol. The van der Waals surface area contributed by atoms with Gasteiger partial charge in [-0.05, 0) is 50.5 Å². The number of rotatable bonds is 3. The summed E-state index contributed by atoms with van der Waals surface area (Å²) in [5.41, 5.74) is 0.768. The SMILES string of the molecule is CCC(NC)C1CCCC12CCCC2. The van der Waals surface area contributed by atoms with Gasteiger partial charge in [0.1, 0.15) is 0 Å². The predicted octanol–water partition coefficient (Wildman–Crippen LogP) is 3.34. The molecular weight excluding hydrogens is 170 g/mol. The van der Waals surface area contributed by atoms with Crippen molar-refractivity contribution in [3.63, 3.8) is 0 Å². The Morgan fingerprint density at radius 1 is 1.21 bits per heavy atom. The van der Waals surface area contributed by atoms with Crippen LogP contribution in [0.15, 0.2) is 0 Å². The second-order valence-electron chi connectivity index (χ2n) is 5.37. The molecule has 1 spiro atoms. The third-order valence-electron chi connectivity index (χ3n) is 4.87. The van der Waals surface area contributed by atoms with E-state index in [4.69, 9.17) is 0 Å². The van der Waals surface area contributed by atoms with Crippen molar-refractivity contribution in [1.29, 1.82) is 0 Å². The van der Waals surface area contributed by atoms with Crippen LogP contribution in [0.1, 0.15) is 58.3 Å². The molecule has 2 fully saturated rings. The van der Waals surface area contributed by atoms with E-state index < -0.39 is 0 Å². The molecular formula is C13H25N. The maximum Gasteiger partial charge on any atom is 0.00950 e. The van der Waals surface area contributed by atoms with E-state index in [2.05, 4.69) is 19.3 Å². The highest BCUT2D eigenvalue weighted by Crippen LogP contribution is 2.55. The summed E-state index contributed by atoms with van der Waals surface area (Å²) < 4.78 is 0. The van der Waals surface area contributed by atoms with Crippen LogP contribution >= 0.6 is 0 Å². The van der Waals surface area contributed by atoms with Gasteiger partial charge in [0, 0.05) is 6.04 Å². The molecule has 1 N–H and O–H groups in total. The molecule has 0 amide bonds. The van der Waals surface area contributed by atoms with Gasteiger partial charge < -0.3 is 5.32 Å². The van der Waals surface area contributed by atoms with Crippen molar-refractivity contribution >= 4 is 0 Å². The van der Waals surface area contributed by atoms with Crippen LogP contribution in [0.25, 0.3) is 0 Å². The summed E-state index contributed by atoms with van der Waals surface area (Å²) in [4.78, 5) is 0. The molecule has 0 radical (unpaired) electrons. The van der Waals surface area contributed by atoms with Gasteiger partial charge in [-0.2, -0.15) is 0 Å². The molecule has 2 rings (SSSR count). The summed E-state index contributed by atoms with van der Waals surface area (Å²) in [5.74, 6) is 0.986. The smallest absolute Gasteiger partial charge is 0.00950 e. The van der Waals surface area contributed by atoms with Crippen LogP contribution < -0.4 is 5.32 Å². The zero-order chi connectivity index (χ0) is 10.0. The fraction of sp³-hybridized carbons (Fsp3) is 1.00. The van der Waals surface area contributed by atoms with Crippen molar-refractivity contribution < 1.29 is 0 Å². The lowest BCUT2D eigenvalue weighted by Gasteiger charge is -2.36. The molecule has 2 aliphatic carbocycles. The third kappa shape index (κ3) is 1.60. The first-order valence-corrected chi connectivity index (χ1v) is 6.49. The highest BCUT2D eigenvalue weighted by Gasteiger charge is 2.46. The first-order valence-electron chi connectivity index (χ1n) is 6.49. The van der Waals surface area contributed by atoms with Crippen LogP contribution in [-0.4, -0.2) is 13.1 Å². The molecule has 1 heteroatoms. The Morgan fingerprint density at radius 3 is 2.43 bits per heavy atom. The van der Waals surface area contributed by atoms with Crippen LogP contribution in [0.4, 0.5) is 0 Å². The number of hydrogen-bond acceptors (Lipinski definition) is 1. The third-order valence-corrected chi connectivity index (χ3v) is 4.87. The summed E-state index contributed by atoms with van der Waals surface area (Å²) in [6.07, 6.45) is 11.8. The van der Waals surface area contributed by atoms with Crippen molar-refractivity contribution in [3.05, 3.63) is 0 Å². The van der Waals surface area contributed by atoms with Gasteiger partial charge in [0.25, 0.3) is 0 Å². The maximum atomic E-state index is 3.54. The minimum Gasteiger partial charge on any atom is -0.317 e. The second-order valence-corrected chi connectivity index (χ2v) is 5.37. The molecule has 0 bridgehead atoms. The molecule has 0 aromatic carbocycles. The van der Waals surface area contributed by atoms with Gasteiger partial charge in [-0.25, -0.2) is 0 Å². The fourth-order valence-electron chi connectivity index (χ4n) is 4.18. The van der Waals surface area contributed by atoms with Gasteiger partial charge >= 0.3 is 0 Å². The Hall–Kier alpha value is -0.0400. The van der Waals surface area contributed by atoms with Crippen LogP contribution in [0.2, 0.25) is 0 Å². The average Bonchev–Trinajstić information content (AvgIpc) is 2.81. The Bertz CT molecular complexity index is 172. The molecule has 14 heavy (non-hydrogen) atoms. The van der Waals surface area contributed by atoms with Gasteiger partial charge in [-0.3, -0.25) is 0 Å². The molecule has 0 heterocycles. The van der Waals surface area contributed by atoms with Crippen LogP contribution in [0, 0.1) is 11.3 Å². The Balaban J connectivity index is 2.09. The van der Waals surface area contributed by atoms with Crippen LogP contribution in [0.3, 0.4) is 0 Å². The summed E-state index contributed by atoms with van der Waals surface area (Å²) in [6.45, 7) is 2.34. The number of nitrogens with one attached hydrogen (secondary N) is 1. The molecule has 2 aliphatic rings. The summed E-state index contributed by atoms with van der Waals surface area (Å²) in [6, 6.07) is 0.788. The van der Waals surface area contributed by atoms with Crippen LogP contribution in [-0.2, 0) is 0 Å². The topological polar surface area (TPSA) is 12.0 Å². The molecule has 0 aliphatic heterocycles. The van der Waals surface area contributed by atoms with Crippen molar-refractivity contribution in [2.24, 2.45) is 11.3 Å². The van der Waals surface area contributed by atoms with Gasteiger partial charge in [0.15, 0.2) is 0 Å². The van der Waals surface area contributed by atoms with Crippen molar-refractivity contribution in [2.45, 2.75) is 64.3 Å². The van der Waals surface area contributed by atoms with Gasteiger partial charge in [0.2, 0.25) is 0 Å². The summed E-state index contributed by atoms with van der Waals surface area (Å²) in [5, 5.41) is 3.54. The summed E-state index contributed by atoms with van der Waals surface area (Å²) in [7, 11) is 2.15. The minimum atomic E-state index is 0.768. The molecule has 82 valence electrons. The van der Waals surface area contributed by atoms with Gasteiger partial charge in [-0.15, -0.1) is 0 Å². The zero-order valence-electron chi connectivity index (χ0n) is 9.81. The van der Waals surface area contributed by atoms with Crippen molar-refractivity contribution in [1.82, 2.24) is 5.32 Å². The van der Waals surface area contributed by atoms with E-state index in [0.29, 0.717) is 0 Å². The maximum absolute atomic E-state index is 3.54. The molecule has 0 aromatic heterocycles. The highest BCUT2D eigenvalue weighted by molar-refractivity contribution is 4.99. The standard InChI is InChI=1S/C13H25N/c1-3-12(14-2)11-7-6-10-13(11)8-4-5-9-13/h11-12,14H,3-10H2,1-2H3. The second kappa shape index (κ2) is 4.22. The molecule has 2 atom stereocenters. The molecule has 0 aromatic rings. The Morgan fingerprint density at radius 2 is 1.86 bits per heavy atom. The quantitative estimate of drug-likeness (QED) is 0.728. The van der Waals surface area contributed by atoms with Crippen molar-refractivity contribution in [3.8, 4) is 0 Å². The van der Waals surface area contributed by atoms with E-state index >= 15 is 0 Å². The Labute approximate surface area is 88.7 Å². The molecule has 2 saturated carbocycles. The van der Waals surface area contributed by atoms with Gasteiger partial charge in [-0.1, -0.05) is 26.2 Å². The first-order chi connectivity index (χ1) is 6.82. The number of hydrogen-bond donors (Lipinski definition) is 1. The van der Waals surface area contributed by atoms with E-state index in [1.807, 2.05) is 0 Å².